The average Bonchev–Trinajstić information content (AvgIpc) is 2.59. The third-order valence-corrected chi connectivity index (χ3v) is 2.48. The Morgan fingerprint density at radius 3 is 2.50 bits per heavy atom. The molecule has 1 aromatic heterocycles. The number of hydrogen-bond acceptors (Lipinski definition) is 2. The molecule has 0 fully saturated rings. The minimum atomic E-state index is -0.0379. The van der Waals surface area contributed by atoms with Gasteiger partial charge >= 0.3 is 0 Å². The van der Waals surface area contributed by atoms with Crippen LogP contribution >= 0.6 is 0 Å². The third-order valence-electron chi connectivity index (χ3n) is 2.48. The third kappa shape index (κ3) is 2.06. The molecule has 0 bridgehead atoms. The van der Waals surface area contributed by atoms with Crippen LogP contribution < -0.4 is 11.3 Å². The van der Waals surface area contributed by atoms with Crippen LogP contribution in [0.25, 0.3) is 5.69 Å². The highest BCUT2D eigenvalue weighted by atomic mass is 16.1. The molecule has 4 nitrogen and oxygen atoms in total. The second kappa shape index (κ2) is 4.37. The van der Waals surface area contributed by atoms with Gasteiger partial charge in [-0.15, -0.1) is 0 Å². The van der Waals surface area contributed by atoms with Gasteiger partial charge in [0.1, 0.15) is 0 Å². The summed E-state index contributed by atoms with van der Waals surface area (Å²) >= 11 is 0. The minimum Gasteiger partial charge on any atom is -0.330 e. The van der Waals surface area contributed by atoms with E-state index < -0.39 is 0 Å². The van der Waals surface area contributed by atoms with E-state index in [0.717, 1.165) is 17.8 Å². The van der Waals surface area contributed by atoms with E-state index in [4.69, 9.17) is 5.73 Å². The van der Waals surface area contributed by atoms with Crippen molar-refractivity contribution in [2.24, 2.45) is 5.73 Å². The minimum absolute atomic E-state index is 0.0379. The molecule has 0 spiro atoms. The lowest BCUT2D eigenvalue weighted by Gasteiger charge is -2.03. The monoisotopic (exact) mass is 217 g/mol. The Morgan fingerprint density at radius 1 is 1.31 bits per heavy atom. The molecular weight excluding hydrogens is 202 g/mol. The van der Waals surface area contributed by atoms with Crippen molar-refractivity contribution < 1.29 is 0 Å². The summed E-state index contributed by atoms with van der Waals surface area (Å²) in [6.07, 6.45) is 0.860. The summed E-state index contributed by atoms with van der Waals surface area (Å²) in [7, 11) is 0. The van der Waals surface area contributed by atoms with Gasteiger partial charge < -0.3 is 5.73 Å². The molecular formula is C12H15N3O. The van der Waals surface area contributed by atoms with E-state index in [-0.39, 0.29) is 5.56 Å². The molecule has 0 unspecified atom stereocenters. The fourth-order valence-corrected chi connectivity index (χ4v) is 1.68. The summed E-state index contributed by atoms with van der Waals surface area (Å²) in [6.45, 7) is 2.50. The lowest BCUT2D eigenvalue weighted by atomic mass is 10.1. The van der Waals surface area contributed by atoms with E-state index in [1.54, 1.807) is 6.07 Å². The molecule has 84 valence electrons. The maximum Gasteiger partial charge on any atom is 0.271 e. The van der Waals surface area contributed by atoms with Gasteiger partial charge in [-0.25, -0.2) is 4.68 Å². The van der Waals surface area contributed by atoms with Crippen molar-refractivity contribution in [3.05, 3.63) is 51.9 Å². The highest BCUT2D eigenvalue weighted by molar-refractivity contribution is 5.34. The summed E-state index contributed by atoms with van der Waals surface area (Å²) in [4.78, 5) is 11.6. The van der Waals surface area contributed by atoms with Crippen LogP contribution in [-0.2, 0) is 6.42 Å². The van der Waals surface area contributed by atoms with Crippen molar-refractivity contribution in [3.63, 3.8) is 0 Å². The van der Waals surface area contributed by atoms with E-state index in [0.29, 0.717) is 6.54 Å². The van der Waals surface area contributed by atoms with Crippen LogP contribution in [0.15, 0.2) is 35.1 Å². The molecule has 3 N–H and O–H groups in total. The van der Waals surface area contributed by atoms with Crippen LogP contribution in [0, 0.1) is 6.92 Å². The standard InChI is InChI=1S/C12H15N3O/c1-9-8-12(16)15(14-9)11-4-2-10(3-5-11)6-7-13/h2-5,8,14H,6-7,13H2,1H3. The molecule has 2 rings (SSSR count). The Labute approximate surface area is 93.7 Å². The molecule has 0 aliphatic carbocycles. The van der Waals surface area contributed by atoms with E-state index in [1.165, 1.54) is 10.2 Å². The van der Waals surface area contributed by atoms with Gasteiger partial charge in [0.25, 0.3) is 5.56 Å². The van der Waals surface area contributed by atoms with Gasteiger partial charge in [0.15, 0.2) is 0 Å². The Bertz CT molecular complexity index is 522. The summed E-state index contributed by atoms with van der Waals surface area (Å²) in [5.74, 6) is 0. The zero-order valence-electron chi connectivity index (χ0n) is 9.23. The topological polar surface area (TPSA) is 63.8 Å². The highest BCUT2D eigenvalue weighted by Crippen LogP contribution is 2.07. The average molecular weight is 217 g/mol. The number of rotatable bonds is 3. The first-order valence-corrected chi connectivity index (χ1v) is 5.29. The number of aromatic amines is 1. The van der Waals surface area contributed by atoms with Gasteiger partial charge in [0.05, 0.1) is 5.69 Å². The smallest absolute Gasteiger partial charge is 0.271 e. The zero-order chi connectivity index (χ0) is 11.5. The number of nitrogens with two attached hydrogens (primary N) is 1. The fourth-order valence-electron chi connectivity index (χ4n) is 1.68. The van der Waals surface area contributed by atoms with Crippen LogP contribution in [-0.4, -0.2) is 16.3 Å². The van der Waals surface area contributed by atoms with E-state index in [2.05, 4.69) is 5.10 Å². The molecule has 0 atom stereocenters. The van der Waals surface area contributed by atoms with Gasteiger partial charge in [-0.1, -0.05) is 12.1 Å². The molecule has 16 heavy (non-hydrogen) atoms. The molecule has 0 amide bonds. The molecule has 1 aromatic carbocycles. The molecule has 0 saturated heterocycles. The van der Waals surface area contributed by atoms with Gasteiger partial charge in [0.2, 0.25) is 0 Å². The van der Waals surface area contributed by atoms with Crippen LogP contribution in [0.4, 0.5) is 0 Å². The van der Waals surface area contributed by atoms with Gasteiger partial charge in [-0.05, 0) is 37.6 Å². The Morgan fingerprint density at radius 2 is 2.00 bits per heavy atom. The summed E-state index contributed by atoms with van der Waals surface area (Å²) in [6, 6.07) is 9.40. The SMILES string of the molecule is Cc1cc(=O)n(-c2ccc(CCN)cc2)[nH]1. The van der Waals surface area contributed by atoms with Crippen molar-refractivity contribution in [1.82, 2.24) is 9.78 Å². The number of aryl methyl sites for hydroxylation is 1. The lowest BCUT2D eigenvalue weighted by Crippen LogP contribution is -2.13. The molecule has 1 heterocycles. The summed E-state index contributed by atoms with van der Waals surface area (Å²) < 4.78 is 1.53. The number of nitrogens with zero attached hydrogens (tertiary/aromatic N) is 1. The number of hydrogen-bond donors (Lipinski definition) is 2. The van der Waals surface area contributed by atoms with Crippen LogP contribution in [0.5, 0.6) is 0 Å². The van der Waals surface area contributed by atoms with Crippen molar-refractivity contribution in [3.8, 4) is 5.69 Å². The Kier molecular flexibility index (Phi) is 2.92. The predicted molar refractivity (Wildman–Crippen MR) is 63.9 cm³/mol. The quantitative estimate of drug-likeness (QED) is 0.804. The summed E-state index contributed by atoms with van der Waals surface area (Å²) in [5.41, 5.74) is 8.32. The van der Waals surface area contributed by atoms with Crippen molar-refractivity contribution in [2.75, 3.05) is 6.54 Å². The molecule has 0 saturated carbocycles. The van der Waals surface area contributed by atoms with Gasteiger partial charge in [0, 0.05) is 11.8 Å². The number of aromatic nitrogens is 2. The molecule has 0 radical (unpaired) electrons. The van der Waals surface area contributed by atoms with Crippen molar-refractivity contribution in [1.29, 1.82) is 0 Å². The van der Waals surface area contributed by atoms with Crippen LogP contribution in [0.2, 0.25) is 0 Å². The van der Waals surface area contributed by atoms with Gasteiger partial charge in [-0.3, -0.25) is 9.89 Å². The zero-order valence-corrected chi connectivity index (χ0v) is 9.23. The first-order valence-electron chi connectivity index (χ1n) is 5.29. The molecule has 4 heteroatoms. The Balaban J connectivity index is 2.34. The lowest BCUT2D eigenvalue weighted by molar-refractivity contribution is 0.833. The predicted octanol–water partition coefficient (Wildman–Crippen LogP) is 0.975. The molecule has 0 aliphatic heterocycles. The van der Waals surface area contributed by atoms with Gasteiger partial charge in [-0.2, -0.15) is 0 Å². The first-order chi connectivity index (χ1) is 7.70. The maximum atomic E-state index is 11.6. The fraction of sp³-hybridized carbons (Fsp3) is 0.250. The molecule has 0 aliphatic rings. The first kappa shape index (κ1) is 10.7. The van der Waals surface area contributed by atoms with Crippen molar-refractivity contribution >= 4 is 0 Å². The normalized spacial score (nSPS) is 10.6. The second-order valence-corrected chi connectivity index (χ2v) is 3.82. The molecule has 2 aromatic rings. The van der Waals surface area contributed by atoms with E-state index >= 15 is 0 Å². The van der Waals surface area contributed by atoms with Crippen molar-refractivity contribution in [2.45, 2.75) is 13.3 Å². The second-order valence-electron chi connectivity index (χ2n) is 3.82. The highest BCUT2D eigenvalue weighted by Gasteiger charge is 2.01. The summed E-state index contributed by atoms with van der Waals surface area (Å²) in [5, 5.41) is 2.99. The Hall–Kier alpha value is -1.81. The largest absolute Gasteiger partial charge is 0.330 e. The number of H-pyrrole nitrogens is 1. The number of benzene rings is 1. The van der Waals surface area contributed by atoms with Crippen LogP contribution in [0.3, 0.4) is 0 Å². The van der Waals surface area contributed by atoms with E-state index in [1.807, 2.05) is 31.2 Å². The van der Waals surface area contributed by atoms with E-state index in [9.17, 15) is 4.79 Å². The number of nitrogens with one attached hydrogen (secondary N) is 1. The van der Waals surface area contributed by atoms with Crippen LogP contribution in [0.1, 0.15) is 11.3 Å². The maximum absolute atomic E-state index is 11.6.